The fourth-order valence-corrected chi connectivity index (χ4v) is 4.23. The Labute approximate surface area is 219 Å². The summed E-state index contributed by atoms with van der Waals surface area (Å²) >= 11 is 0. The minimum atomic E-state index is -4.48. The van der Waals surface area contributed by atoms with E-state index in [4.69, 9.17) is 4.52 Å². The molecule has 39 heavy (non-hydrogen) atoms. The number of halogens is 3. The van der Waals surface area contributed by atoms with Crippen molar-refractivity contribution in [1.29, 1.82) is 0 Å². The van der Waals surface area contributed by atoms with Crippen molar-refractivity contribution in [3.8, 4) is 22.8 Å². The van der Waals surface area contributed by atoms with Gasteiger partial charge in [0.25, 0.3) is 5.91 Å². The first-order valence-corrected chi connectivity index (χ1v) is 11.8. The van der Waals surface area contributed by atoms with E-state index < -0.39 is 36.4 Å². The molecule has 4 aromatic heterocycles. The molecule has 0 bridgehead atoms. The van der Waals surface area contributed by atoms with Crippen molar-refractivity contribution in [1.82, 2.24) is 35.2 Å². The predicted octanol–water partition coefficient (Wildman–Crippen LogP) is 3.85. The Morgan fingerprint density at radius 2 is 2.00 bits per heavy atom. The normalized spacial score (nSPS) is 17.6. The van der Waals surface area contributed by atoms with Gasteiger partial charge < -0.3 is 14.7 Å². The number of aromatic nitrogens is 6. The van der Waals surface area contributed by atoms with Gasteiger partial charge in [0.15, 0.2) is 0 Å². The van der Waals surface area contributed by atoms with Gasteiger partial charge in [-0.1, -0.05) is 17.8 Å². The van der Waals surface area contributed by atoms with Crippen LogP contribution in [0.1, 0.15) is 28.7 Å². The van der Waals surface area contributed by atoms with Crippen LogP contribution in [0.5, 0.6) is 0 Å². The van der Waals surface area contributed by atoms with Crippen LogP contribution in [0.2, 0.25) is 0 Å². The Hall–Kier alpha value is -4.88. The summed E-state index contributed by atoms with van der Waals surface area (Å²) in [6.45, 7) is 2.90. The van der Waals surface area contributed by atoms with Gasteiger partial charge in [-0.3, -0.25) is 14.7 Å². The van der Waals surface area contributed by atoms with E-state index in [0.717, 1.165) is 11.0 Å². The SMILES string of the molecule is C=CC(=O)N1CC(C(F)(F)F)C[C@H](c2nc(-c3ccc(NC(=O)c4cccc(-c5ccn[nH]5)n4)nc3)no2)C1. The van der Waals surface area contributed by atoms with Crippen molar-refractivity contribution in [2.45, 2.75) is 18.5 Å². The third kappa shape index (κ3) is 5.68. The van der Waals surface area contributed by atoms with Crippen molar-refractivity contribution < 1.29 is 27.3 Å². The van der Waals surface area contributed by atoms with Crippen LogP contribution in [0.15, 0.2) is 66.0 Å². The first-order valence-electron chi connectivity index (χ1n) is 11.8. The van der Waals surface area contributed by atoms with Crippen LogP contribution in [0.25, 0.3) is 22.8 Å². The summed E-state index contributed by atoms with van der Waals surface area (Å²) in [7, 11) is 0. The third-order valence-corrected chi connectivity index (χ3v) is 6.21. The van der Waals surface area contributed by atoms with Gasteiger partial charge in [-0.15, -0.1) is 0 Å². The molecule has 0 aromatic carbocycles. The zero-order chi connectivity index (χ0) is 27.6. The molecule has 0 aliphatic carbocycles. The van der Waals surface area contributed by atoms with Crippen LogP contribution in [0.4, 0.5) is 19.0 Å². The Balaban J connectivity index is 1.28. The molecule has 0 spiro atoms. The highest BCUT2D eigenvalue weighted by molar-refractivity contribution is 6.02. The minimum Gasteiger partial charge on any atom is -0.339 e. The number of amides is 2. The molecule has 2 amide bonds. The van der Waals surface area contributed by atoms with Crippen LogP contribution in [-0.2, 0) is 4.79 Å². The number of hydrogen-bond donors (Lipinski definition) is 2. The fourth-order valence-electron chi connectivity index (χ4n) is 4.23. The zero-order valence-electron chi connectivity index (χ0n) is 20.2. The summed E-state index contributed by atoms with van der Waals surface area (Å²) < 4.78 is 45.7. The van der Waals surface area contributed by atoms with E-state index in [1.165, 1.54) is 12.3 Å². The highest BCUT2D eigenvalue weighted by atomic mass is 19.4. The molecule has 1 saturated heterocycles. The number of likely N-dealkylation sites (tertiary alicyclic amines) is 1. The average Bonchev–Trinajstić information content (AvgIpc) is 3.66. The minimum absolute atomic E-state index is 0.00209. The molecule has 2 N–H and O–H groups in total. The second-order valence-electron chi connectivity index (χ2n) is 8.84. The maximum Gasteiger partial charge on any atom is 0.393 e. The van der Waals surface area contributed by atoms with Crippen LogP contribution >= 0.6 is 0 Å². The second kappa shape index (κ2) is 10.5. The van der Waals surface area contributed by atoms with E-state index in [2.05, 4.69) is 42.2 Å². The highest BCUT2D eigenvalue weighted by Crippen LogP contribution is 2.39. The first kappa shape index (κ1) is 25.8. The summed E-state index contributed by atoms with van der Waals surface area (Å²) in [4.78, 5) is 38.6. The molecule has 0 radical (unpaired) electrons. The number of hydrogen-bond acceptors (Lipinski definition) is 8. The van der Waals surface area contributed by atoms with Crippen LogP contribution < -0.4 is 5.32 Å². The highest BCUT2D eigenvalue weighted by Gasteiger charge is 2.46. The number of piperidine rings is 1. The summed E-state index contributed by atoms with van der Waals surface area (Å²) in [5, 5.41) is 13.2. The number of rotatable bonds is 6. The quantitative estimate of drug-likeness (QED) is 0.353. The van der Waals surface area contributed by atoms with Crippen molar-refractivity contribution in [3.63, 3.8) is 0 Å². The lowest BCUT2D eigenvalue weighted by Gasteiger charge is -2.36. The Morgan fingerprint density at radius 3 is 2.69 bits per heavy atom. The van der Waals surface area contributed by atoms with E-state index in [-0.39, 0.29) is 36.2 Å². The molecule has 1 unspecified atom stereocenters. The molecule has 11 nitrogen and oxygen atoms in total. The van der Waals surface area contributed by atoms with E-state index in [9.17, 15) is 22.8 Å². The molecular formula is C25H21F3N8O3. The van der Waals surface area contributed by atoms with Gasteiger partial charge in [-0.05, 0) is 42.8 Å². The lowest BCUT2D eigenvalue weighted by atomic mass is 9.88. The third-order valence-electron chi connectivity index (χ3n) is 6.21. The molecule has 1 fully saturated rings. The van der Waals surface area contributed by atoms with Gasteiger partial charge in [0.1, 0.15) is 11.5 Å². The summed E-state index contributed by atoms with van der Waals surface area (Å²) in [5.41, 5.74) is 1.80. The van der Waals surface area contributed by atoms with Crippen LogP contribution in [0.3, 0.4) is 0 Å². The van der Waals surface area contributed by atoms with Gasteiger partial charge in [-0.2, -0.15) is 23.3 Å². The van der Waals surface area contributed by atoms with Crippen LogP contribution in [0, 0.1) is 5.92 Å². The van der Waals surface area contributed by atoms with Crippen molar-refractivity contribution in [2.24, 2.45) is 5.92 Å². The number of H-pyrrole nitrogens is 1. The van der Waals surface area contributed by atoms with E-state index in [1.54, 1.807) is 36.5 Å². The molecule has 2 atom stereocenters. The number of nitrogens with one attached hydrogen (secondary N) is 2. The Kier molecular flexibility index (Phi) is 6.92. The molecule has 0 saturated carbocycles. The summed E-state index contributed by atoms with van der Waals surface area (Å²) in [6.07, 6.45) is -0.820. The van der Waals surface area contributed by atoms with Crippen molar-refractivity contribution in [2.75, 3.05) is 18.4 Å². The molecule has 4 aromatic rings. The first-order chi connectivity index (χ1) is 18.7. The molecule has 1 aliphatic rings. The van der Waals surface area contributed by atoms with Gasteiger partial charge in [0, 0.05) is 31.0 Å². The maximum absolute atomic E-state index is 13.5. The number of nitrogens with zero attached hydrogens (tertiary/aromatic N) is 6. The molecule has 200 valence electrons. The Morgan fingerprint density at radius 1 is 1.15 bits per heavy atom. The van der Waals surface area contributed by atoms with Gasteiger partial charge in [-0.25, -0.2) is 9.97 Å². The fraction of sp³-hybridized carbons (Fsp3) is 0.240. The number of carbonyl (C=O) groups is 2. The van der Waals surface area contributed by atoms with E-state index in [1.807, 2.05) is 0 Å². The van der Waals surface area contributed by atoms with Crippen molar-refractivity contribution >= 4 is 17.6 Å². The summed E-state index contributed by atoms with van der Waals surface area (Å²) in [5.74, 6) is -3.27. The largest absolute Gasteiger partial charge is 0.393 e. The standard InChI is InChI=1S/C25H21F3N8O3/c1-2-21(37)36-12-15(10-16(13-36)25(26,27)28)24-33-22(35-39-24)14-6-7-20(29-11-14)32-23(38)19-5-3-4-17(31-19)18-8-9-30-34-18/h2-9,11,15-16H,1,10,12-13H2,(H,30,34)(H,29,32,38)/t15-,16?/m0/s1. The van der Waals surface area contributed by atoms with Gasteiger partial charge in [0.05, 0.1) is 23.2 Å². The zero-order valence-corrected chi connectivity index (χ0v) is 20.2. The molecule has 1 aliphatic heterocycles. The van der Waals surface area contributed by atoms with Gasteiger partial charge in [0.2, 0.25) is 17.6 Å². The number of carbonyl (C=O) groups excluding carboxylic acids is 2. The molecule has 14 heteroatoms. The second-order valence-corrected chi connectivity index (χ2v) is 8.84. The number of aromatic amines is 1. The molecule has 5 rings (SSSR count). The lowest BCUT2D eigenvalue weighted by Crippen LogP contribution is -2.47. The topological polar surface area (TPSA) is 143 Å². The number of anilines is 1. The smallest absolute Gasteiger partial charge is 0.339 e. The van der Waals surface area contributed by atoms with Crippen LogP contribution in [-0.4, -0.2) is 66.3 Å². The predicted molar refractivity (Wildman–Crippen MR) is 131 cm³/mol. The number of alkyl halides is 3. The van der Waals surface area contributed by atoms with Gasteiger partial charge >= 0.3 is 6.18 Å². The Bertz CT molecular complexity index is 1480. The number of pyridine rings is 2. The van der Waals surface area contributed by atoms with Crippen molar-refractivity contribution in [3.05, 3.63) is 73.0 Å². The lowest BCUT2D eigenvalue weighted by molar-refractivity contribution is -0.189. The maximum atomic E-state index is 13.5. The average molecular weight is 538 g/mol. The monoisotopic (exact) mass is 538 g/mol. The summed E-state index contributed by atoms with van der Waals surface area (Å²) in [6, 6.07) is 9.82. The molecule has 5 heterocycles. The molecular weight excluding hydrogens is 517 g/mol. The van der Waals surface area contributed by atoms with E-state index in [0.29, 0.717) is 17.0 Å². The van der Waals surface area contributed by atoms with E-state index >= 15 is 0 Å².